The van der Waals surface area contributed by atoms with Gasteiger partial charge in [0, 0.05) is 18.6 Å². The number of carbonyl (C=O) groups excluding carboxylic acids is 2. The highest BCUT2D eigenvalue weighted by Crippen LogP contribution is 2.42. The van der Waals surface area contributed by atoms with Crippen molar-refractivity contribution in [3.63, 3.8) is 0 Å². The number of ketones is 1. The number of rotatable bonds is 7. The van der Waals surface area contributed by atoms with E-state index in [1.807, 2.05) is 45.9 Å². The zero-order valence-corrected chi connectivity index (χ0v) is 19.5. The first-order valence-corrected chi connectivity index (χ1v) is 11.3. The van der Waals surface area contributed by atoms with Crippen LogP contribution >= 0.6 is 0 Å². The molecule has 172 valence electrons. The number of esters is 1. The van der Waals surface area contributed by atoms with Gasteiger partial charge in [-0.3, -0.25) is 9.59 Å². The van der Waals surface area contributed by atoms with E-state index in [-0.39, 0.29) is 24.5 Å². The third kappa shape index (κ3) is 5.86. The molecule has 1 saturated heterocycles. The molecule has 0 spiro atoms. The summed E-state index contributed by atoms with van der Waals surface area (Å²) in [5.74, 6) is 0.535. The van der Waals surface area contributed by atoms with Crippen molar-refractivity contribution in [2.24, 2.45) is 5.41 Å². The van der Waals surface area contributed by atoms with Gasteiger partial charge in [-0.1, -0.05) is 0 Å². The molecule has 1 fully saturated rings. The molecular formula is C25H36O6. The summed E-state index contributed by atoms with van der Waals surface area (Å²) in [7, 11) is 1.63. The third-order valence-electron chi connectivity index (χ3n) is 6.18. The molecule has 31 heavy (non-hydrogen) atoms. The highest BCUT2D eigenvalue weighted by Gasteiger charge is 2.46. The van der Waals surface area contributed by atoms with E-state index in [1.165, 1.54) is 0 Å². The second kappa shape index (κ2) is 9.70. The van der Waals surface area contributed by atoms with Crippen LogP contribution in [0, 0.1) is 5.41 Å². The molecule has 0 amide bonds. The molecule has 3 rings (SSSR count). The lowest BCUT2D eigenvalue weighted by molar-refractivity contribution is -0.208. The van der Waals surface area contributed by atoms with Crippen LogP contribution in [0.2, 0.25) is 0 Å². The highest BCUT2D eigenvalue weighted by atomic mass is 16.7. The molecule has 0 aromatic heterocycles. The second-order valence-corrected chi connectivity index (χ2v) is 9.82. The second-order valence-electron chi connectivity index (χ2n) is 9.82. The maximum absolute atomic E-state index is 13.6. The van der Waals surface area contributed by atoms with Crippen LogP contribution in [0.3, 0.4) is 0 Å². The van der Waals surface area contributed by atoms with E-state index in [0.717, 1.165) is 37.0 Å². The molecule has 6 nitrogen and oxygen atoms in total. The van der Waals surface area contributed by atoms with Gasteiger partial charge in [-0.25, -0.2) is 0 Å². The maximum Gasteiger partial charge on any atom is 0.306 e. The number of Topliss-reactive ketones (excluding diaryl/α,β-unsaturated/α-hetero) is 1. The van der Waals surface area contributed by atoms with Crippen LogP contribution in [-0.4, -0.2) is 43.5 Å². The molecule has 0 saturated carbocycles. The topological polar surface area (TPSA) is 71.1 Å². The fraction of sp³-hybridized carbons (Fsp3) is 0.680. The Morgan fingerprint density at radius 3 is 2.71 bits per heavy atom. The lowest BCUT2D eigenvalue weighted by atomic mass is 9.67. The summed E-state index contributed by atoms with van der Waals surface area (Å²) in [5, 5.41) is 0. The third-order valence-corrected chi connectivity index (χ3v) is 6.18. The molecule has 1 aliphatic carbocycles. The summed E-state index contributed by atoms with van der Waals surface area (Å²) in [6.45, 7) is 8.19. The molecule has 0 bridgehead atoms. The normalized spacial score (nSPS) is 24.9. The van der Waals surface area contributed by atoms with Crippen LogP contribution in [0.1, 0.15) is 82.1 Å². The fourth-order valence-corrected chi connectivity index (χ4v) is 4.43. The number of aryl methyl sites for hydroxylation is 1. The van der Waals surface area contributed by atoms with Gasteiger partial charge in [0.1, 0.15) is 11.4 Å². The van der Waals surface area contributed by atoms with Gasteiger partial charge in [-0.2, -0.15) is 0 Å². The van der Waals surface area contributed by atoms with Crippen LogP contribution in [0.25, 0.3) is 0 Å². The van der Waals surface area contributed by atoms with E-state index in [4.69, 9.17) is 18.9 Å². The van der Waals surface area contributed by atoms with Crippen molar-refractivity contribution in [3.8, 4) is 5.75 Å². The van der Waals surface area contributed by atoms with Gasteiger partial charge in [0.2, 0.25) is 0 Å². The van der Waals surface area contributed by atoms with Crippen molar-refractivity contribution < 1.29 is 28.5 Å². The van der Waals surface area contributed by atoms with Crippen LogP contribution in [0.4, 0.5) is 0 Å². The zero-order chi connectivity index (χ0) is 22.6. The van der Waals surface area contributed by atoms with Gasteiger partial charge < -0.3 is 18.9 Å². The van der Waals surface area contributed by atoms with Crippen LogP contribution in [0.5, 0.6) is 5.75 Å². The monoisotopic (exact) mass is 432 g/mol. The van der Waals surface area contributed by atoms with Crippen LogP contribution < -0.4 is 4.74 Å². The van der Waals surface area contributed by atoms with E-state index in [0.29, 0.717) is 25.0 Å². The van der Waals surface area contributed by atoms with Gasteiger partial charge in [-0.05, 0) is 90.0 Å². The van der Waals surface area contributed by atoms with E-state index >= 15 is 0 Å². The standard InChI is InChI=1S/C25H36O6/c1-24(2,3)31-21(26)12-11-20(30-22-8-6-7-15-29-22)25(4)14-13-17-16-18(28-5)9-10-19(17)23(25)27/h9-10,16,20,22H,6-8,11-15H2,1-5H3. The Labute approximate surface area is 185 Å². The van der Waals surface area contributed by atoms with Gasteiger partial charge >= 0.3 is 5.97 Å². The molecular weight excluding hydrogens is 396 g/mol. The largest absolute Gasteiger partial charge is 0.497 e. The average Bonchev–Trinajstić information content (AvgIpc) is 2.73. The Kier molecular flexibility index (Phi) is 7.43. The smallest absolute Gasteiger partial charge is 0.306 e. The quantitative estimate of drug-likeness (QED) is 0.573. The summed E-state index contributed by atoms with van der Waals surface area (Å²) < 4.78 is 23.0. The Balaban J connectivity index is 1.80. The van der Waals surface area contributed by atoms with Gasteiger partial charge in [0.15, 0.2) is 12.1 Å². The number of methoxy groups -OCH3 is 1. The first-order valence-electron chi connectivity index (χ1n) is 11.3. The van der Waals surface area contributed by atoms with Gasteiger partial charge in [0.25, 0.3) is 0 Å². The average molecular weight is 433 g/mol. The summed E-state index contributed by atoms with van der Waals surface area (Å²) in [6.07, 6.45) is 4.14. The summed E-state index contributed by atoms with van der Waals surface area (Å²) in [6, 6.07) is 5.60. The Bertz CT molecular complexity index is 790. The van der Waals surface area contributed by atoms with Gasteiger partial charge in [0.05, 0.1) is 18.6 Å². The first-order chi connectivity index (χ1) is 14.6. The van der Waals surface area contributed by atoms with Crippen molar-refractivity contribution in [1.82, 2.24) is 0 Å². The minimum Gasteiger partial charge on any atom is -0.497 e. The van der Waals surface area contributed by atoms with E-state index in [2.05, 4.69) is 0 Å². The van der Waals surface area contributed by atoms with Crippen molar-refractivity contribution in [3.05, 3.63) is 29.3 Å². The minimum absolute atomic E-state index is 0.0569. The summed E-state index contributed by atoms with van der Waals surface area (Å²) >= 11 is 0. The number of benzene rings is 1. The first kappa shape index (κ1) is 23.7. The minimum atomic E-state index is -0.732. The van der Waals surface area contributed by atoms with Crippen molar-refractivity contribution in [2.45, 2.75) is 90.6 Å². The number of hydrogen-bond acceptors (Lipinski definition) is 6. The SMILES string of the molecule is COc1ccc2c(c1)CCC(C)(C(CCC(=O)OC(C)(C)C)OC1CCCCO1)C2=O. The van der Waals surface area contributed by atoms with Crippen LogP contribution in [-0.2, 0) is 25.4 Å². The predicted molar refractivity (Wildman–Crippen MR) is 117 cm³/mol. The Morgan fingerprint density at radius 1 is 1.29 bits per heavy atom. The number of ether oxygens (including phenoxy) is 4. The lowest BCUT2D eigenvalue weighted by Crippen LogP contribution is -2.47. The molecule has 0 radical (unpaired) electrons. The van der Waals surface area contributed by atoms with Crippen LogP contribution in [0.15, 0.2) is 18.2 Å². The number of hydrogen-bond donors (Lipinski definition) is 0. The molecule has 1 heterocycles. The molecule has 3 atom stereocenters. The van der Waals surface area contributed by atoms with Crippen molar-refractivity contribution in [2.75, 3.05) is 13.7 Å². The molecule has 0 N–H and O–H groups in total. The Morgan fingerprint density at radius 2 is 2.06 bits per heavy atom. The zero-order valence-electron chi connectivity index (χ0n) is 19.5. The fourth-order valence-electron chi connectivity index (χ4n) is 4.43. The summed E-state index contributed by atoms with van der Waals surface area (Å²) in [4.78, 5) is 26.0. The van der Waals surface area contributed by atoms with E-state index in [1.54, 1.807) is 7.11 Å². The molecule has 3 unspecified atom stereocenters. The predicted octanol–water partition coefficient (Wildman–Crippen LogP) is 4.86. The lowest BCUT2D eigenvalue weighted by Gasteiger charge is -2.41. The van der Waals surface area contributed by atoms with Crippen molar-refractivity contribution >= 4 is 11.8 Å². The molecule has 2 aliphatic rings. The van der Waals surface area contributed by atoms with E-state index in [9.17, 15) is 9.59 Å². The molecule has 6 heteroatoms. The number of carbonyl (C=O) groups is 2. The molecule has 1 aromatic carbocycles. The molecule has 1 aliphatic heterocycles. The van der Waals surface area contributed by atoms with E-state index < -0.39 is 17.1 Å². The van der Waals surface area contributed by atoms with Crippen molar-refractivity contribution in [1.29, 1.82) is 0 Å². The number of fused-ring (bicyclic) bond motifs is 1. The Hall–Kier alpha value is -1.92. The molecule has 1 aromatic rings. The van der Waals surface area contributed by atoms with Gasteiger partial charge in [-0.15, -0.1) is 0 Å². The maximum atomic E-state index is 13.6. The highest BCUT2D eigenvalue weighted by molar-refractivity contribution is 6.03. The summed E-state index contributed by atoms with van der Waals surface area (Å²) in [5.41, 5.74) is 0.444.